The SMILES string of the molecule is COc1cccc(Oc2ccc(NC(=O)Nc3ccc(Cl)c(C(F)(F)F)c3)cc2)c1. The Hall–Kier alpha value is -3.39. The number of hydrogen-bond donors (Lipinski definition) is 2. The van der Waals surface area contributed by atoms with Gasteiger partial charge >= 0.3 is 12.2 Å². The van der Waals surface area contributed by atoms with Crippen LogP contribution in [-0.2, 0) is 6.18 Å². The molecular weight excluding hydrogens is 421 g/mol. The van der Waals surface area contributed by atoms with Gasteiger partial charge in [0.2, 0.25) is 0 Å². The van der Waals surface area contributed by atoms with Crippen molar-refractivity contribution in [3.8, 4) is 17.2 Å². The second kappa shape index (κ2) is 8.96. The van der Waals surface area contributed by atoms with E-state index in [1.165, 1.54) is 6.07 Å². The molecule has 30 heavy (non-hydrogen) atoms. The number of carbonyl (C=O) groups excluding carboxylic acids is 1. The average molecular weight is 437 g/mol. The molecule has 0 spiro atoms. The number of anilines is 2. The van der Waals surface area contributed by atoms with E-state index in [1.807, 2.05) is 0 Å². The number of nitrogens with one attached hydrogen (secondary N) is 2. The molecule has 3 aromatic carbocycles. The van der Waals surface area contributed by atoms with E-state index in [0.717, 1.165) is 12.1 Å². The molecule has 3 aromatic rings. The molecule has 0 aliphatic carbocycles. The normalized spacial score (nSPS) is 11.0. The van der Waals surface area contributed by atoms with Gasteiger partial charge in [0.15, 0.2) is 0 Å². The third-order valence-corrected chi connectivity index (χ3v) is 4.25. The lowest BCUT2D eigenvalue weighted by Crippen LogP contribution is -2.19. The lowest BCUT2D eigenvalue weighted by Gasteiger charge is -2.12. The fraction of sp³-hybridized carbons (Fsp3) is 0.0952. The Labute approximate surface area is 175 Å². The van der Waals surface area contributed by atoms with E-state index in [4.69, 9.17) is 21.1 Å². The predicted molar refractivity (Wildman–Crippen MR) is 109 cm³/mol. The number of urea groups is 1. The second-order valence-corrected chi connectivity index (χ2v) is 6.48. The van der Waals surface area contributed by atoms with E-state index in [1.54, 1.807) is 55.6 Å². The summed E-state index contributed by atoms with van der Waals surface area (Å²) >= 11 is 5.57. The van der Waals surface area contributed by atoms with Crippen LogP contribution < -0.4 is 20.1 Å². The molecule has 5 nitrogen and oxygen atoms in total. The van der Waals surface area contributed by atoms with Crippen molar-refractivity contribution in [2.24, 2.45) is 0 Å². The average Bonchev–Trinajstić information content (AvgIpc) is 2.70. The smallest absolute Gasteiger partial charge is 0.417 e. The zero-order valence-corrected chi connectivity index (χ0v) is 16.3. The van der Waals surface area contributed by atoms with Gasteiger partial charge in [0.05, 0.1) is 17.7 Å². The summed E-state index contributed by atoms with van der Waals surface area (Å²) in [5, 5.41) is 4.43. The number of ether oxygens (including phenoxy) is 2. The van der Waals surface area contributed by atoms with Crippen molar-refractivity contribution in [2.75, 3.05) is 17.7 Å². The summed E-state index contributed by atoms with van der Waals surface area (Å²) in [5.74, 6) is 1.76. The lowest BCUT2D eigenvalue weighted by atomic mass is 10.2. The summed E-state index contributed by atoms with van der Waals surface area (Å²) in [7, 11) is 1.55. The maximum atomic E-state index is 12.9. The highest BCUT2D eigenvalue weighted by molar-refractivity contribution is 6.31. The summed E-state index contributed by atoms with van der Waals surface area (Å²) in [6.07, 6.45) is -4.62. The Morgan fingerprint density at radius 2 is 1.50 bits per heavy atom. The van der Waals surface area contributed by atoms with E-state index >= 15 is 0 Å². The molecule has 0 radical (unpaired) electrons. The van der Waals surface area contributed by atoms with Gasteiger partial charge in [-0.1, -0.05) is 17.7 Å². The van der Waals surface area contributed by atoms with E-state index in [2.05, 4.69) is 10.6 Å². The minimum absolute atomic E-state index is 0.0396. The molecule has 156 valence electrons. The van der Waals surface area contributed by atoms with Crippen LogP contribution in [0.5, 0.6) is 17.2 Å². The summed E-state index contributed by atoms with van der Waals surface area (Å²) in [6.45, 7) is 0. The van der Waals surface area contributed by atoms with Crippen molar-refractivity contribution < 1.29 is 27.4 Å². The van der Waals surface area contributed by atoms with Crippen LogP contribution in [0, 0.1) is 0 Å². The molecule has 0 aromatic heterocycles. The fourth-order valence-corrected chi connectivity index (χ4v) is 2.75. The first-order valence-corrected chi connectivity index (χ1v) is 8.99. The molecule has 9 heteroatoms. The molecule has 0 unspecified atom stereocenters. The van der Waals surface area contributed by atoms with Gasteiger partial charge in [-0.2, -0.15) is 13.2 Å². The topological polar surface area (TPSA) is 59.6 Å². The van der Waals surface area contributed by atoms with Crippen molar-refractivity contribution in [1.29, 1.82) is 0 Å². The Morgan fingerprint density at radius 3 is 2.17 bits per heavy atom. The molecule has 2 N–H and O–H groups in total. The molecule has 0 heterocycles. The largest absolute Gasteiger partial charge is 0.497 e. The molecular formula is C21H16ClF3N2O3. The number of amides is 2. The van der Waals surface area contributed by atoms with Gasteiger partial charge in [-0.15, -0.1) is 0 Å². The van der Waals surface area contributed by atoms with Gasteiger partial charge in [-0.25, -0.2) is 4.79 Å². The number of alkyl halides is 3. The van der Waals surface area contributed by atoms with Crippen molar-refractivity contribution >= 4 is 29.0 Å². The van der Waals surface area contributed by atoms with Crippen molar-refractivity contribution in [3.63, 3.8) is 0 Å². The molecule has 0 atom stereocenters. The van der Waals surface area contributed by atoms with Crippen LogP contribution in [0.1, 0.15) is 5.56 Å². The highest BCUT2D eigenvalue weighted by Gasteiger charge is 2.33. The minimum Gasteiger partial charge on any atom is -0.497 e. The minimum atomic E-state index is -4.62. The number of benzene rings is 3. The summed E-state index contributed by atoms with van der Waals surface area (Å²) < 4.78 is 49.6. The van der Waals surface area contributed by atoms with E-state index in [-0.39, 0.29) is 5.69 Å². The number of hydrogen-bond acceptors (Lipinski definition) is 3. The predicted octanol–water partition coefficient (Wildman–Crippen LogP) is 6.80. The monoisotopic (exact) mass is 436 g/mol. The van der Waals surface area contributed by atoms with Crippen molar-refractivity contribution in [3.05, 3.63) is 77.3 Å². The first-order valence-electron chi connectivity index (χ1n) is 8.61. The van der Waals surface area contributed by atoms with Gasteiger partial charge < -0.3 is 20.1 Å². The van der Waals surface area contributed by atoms with Crippen LogP contribution in [0.2, 0.25) is 5.02 Å². The first-order chi connectivity index (χ1) is 14.2. The van der Waals surface area contributed by atoms with E-state index < -0.39 is 22.8 Å². The quantitative estimate of drug-likeness (QED) is 0.462. The highest BCUT2D eigenvalue weighted by atomic mass is 35.5. The summed E-state index contributed by atoms with van der Waals surface area (Å²) in [4.78, 5) is 12.1. The van der Waals surface area contributed by atoms with Crippen LogP contribution in [0.3, 0.4) is 0 Å². The second-order valence-electron chi connectivity index (χ2n) is 6.08. The molecule has 0 saturated heterocycles. The number of rotatable bonds is 5. The van der Waals surface area contributed by atoms with Gasteiger partial charge in [0, 0.05) is 17.4 Å². The number of halogens is 4. The zero-order chi connectivity index (χ0) is 21.7. The van der Waals surface area contributed by atoms with Gasteiger partial charge in [-0.3, -0.25) is 0 Å². The van der Waals surface area contributed by atoms with Crippen LogP contribution in [0.25, 0.3) is 0 Å². The third kappa shape index (κ3) is 5.57. The van der Waals surface area contributed by atoms with Crippen LogP contribution in [0.15, 0.2) is 66.7 Å². The highest BCUT2D eigenvalue weighted by Crippen LogP contribution is 2.36. The standard InChI is InChI=1S/C21H16ClF3N2O3/c1-29-16-3-2-4-17(12-16)30-15-8-5-13(6-9-15)26-20(28)27-14-7-10-19(22)18(11-14)21(23,24)25/h2-12H,1H3,(H2,26,27,28). The summed E-state index contributed by atoms with van der Waals surface area (Å²) in [5.41, 5.74) is -0.640. The summed E-state index contributed by atoms with van der Waals surface area (Å²) in [6, 6.07) is 16.0. The van der Waals surface area contributed by atoms with Crippen LogP contribution in [-0.4, -0.2) is 13.1 Å². The zero-order valence-electron chi connectivity index (χ0n) is 15.6. The molecule has 0 fully saturated rings. The van der Waals surface area contributed by atoms with Crippen LogP contribution in [0.4, 0.5) is 29.3 Å². The van der Waals surface area contributed by atoms with Gasteiger partial charge in [0.25, 0.3) is 0 Å². The number of carbonyl (C=O) groups is 1. The Kier molecular flexibility index (Phi) is 6.37. The fourth-order valence-electron chi connectivity index (χ4n) is 2.52. The molecule has 0 saturated carbocycles. The van der Waals surface area contributed by atoms with E-state index in [0.29, 0.717) is 22.9 Å². The molecule has 3 rings (SSSR count). The van der Waals surface area contributed by atoms with Crippen molar-refractivity contribution in [1.82, 2.24) is 0 Å². The number of methoxy groups -OCH3 is 1. The van der Waals surface area contributed by atoms with Crippen molar-refractivity contribution in [2.45, 2.75) is 6.18 Å². The maximum Gasteiger partial charge on any atom is 0.417 e. The lowest BCUT2D eigenvalue weighted by molar-refractivity contribution is -0.137. The Bertz CT molecular complexity index is 1040. The maximum absolute atomic E-state index is 12.9. The van der Waals surface area contributed by atoms with Gasteiger partial charge in [-0.05, 0) is 54.6 Å². The third-order valence-electron chi connectivity index (χ3n) is 3.92. The Balaban J connectivity index is 1.62. The molecule has 0 bridgehead atoms. The van der Waals surface area contributed by atoms with Gasteiger partial charge in [0.1, 0.15) is 17.2 Å². The first kappa shape index (κ1) is 21.3. The van der Waals surface area contributed by atoms with Crippen LogP contribution >= 0.6 is 11.6 Å². The van der Waals surface area contributed by atoms with E-state index in [9.17, 15) is 18.0 Å². The molecule has 0 aliphatic rings. The molecule has 0 aliphatic heterocycles. The Morgan fingerprint density at radius 1 is 0.867 bits per heavy atom. The molecule has 2 amide bonds.